The largest absolute Gasteiger partial charge is 0.418 e. The van der Waals surface area contributed by atoms with Gasteiger partial charge in [-0.25, -0.2) is 0 Å². The number of benzene rings is 1. The molecule has 1 aromatic carbocycles. The molecule has 0 aliphatic heterocycles. The molecule has 2 N–H and O–H groups in total. The fourth-order valence-corrected chi connectivity index (χ4v) is 1.68. The lowest BCUT2D eigenvalue weighted by molar-refractivity contribution is -0.136. The van der Waals surface area contributed by atoms with Gasteiger partial charge in [-0.05, 0) is 31.0 Å². The van der Waals surface area contributed by atoms with Gasteiger partial charge in [0.1, 0.15) is 0 Å². The van der Waals surface area contributed by atoms with E-state index in [0.29, 0.717) is 11.7 Å². The highest BCUT2D eigenvalue weighted by atomic mass is 19.4. The van der Waals surface area contributed by atoms with Crippen LogP contribution in [0.1, 0.15) is 18.4 Å². The van der Waals surface area contributed by atoms with E-state index in [9.17, 15) is 13.2 Å². The lowest BCUT2D eigenvalue weighted by atomic mass is 10.1. The van der Waals surface area contributed by atoms with Crippen molar-refractivity contribution < 1.29 is 13.2 Å². The molecular formula is C11H13F3N2. The predicted octanol–water partition coefficient (Wildman–Crippen LogP) is 2.89. The van der Waals surface area contributed by atoms with Crippen LogP contribution in [0.4, 0.5) is 24.5 Å². The molecule has 2 rings (SSSR count). The van der Waals surface area contributed by atoms with Crippen molar-refractivity contribution in [1.29, 1.82) is 0 Å². The Kier molecular flexibility index (Phi) is 2.48. The molecule has 88 valence electrons. The van der Waals surface area contributed by atoms with E-state index in [1.165, 1.54) is 6.07 Å². The highest BCUT2D eigenvalue weighted by molar-refractivity contribution is 5.60. The molecule has 0 unspecified atom stereocenters. The van der Waals surface area contributed by atoms with Gasteiger partial charge in [-0.1, -0.05) is 0 Å². The summed E-state index contributed by atoms with van der Waals surface area (Å²) in [6.07, 6.45) is -2.30. The number of nitrogens with zero attached hydrogens (tertiary/aromatic N) is 1. The number of alkyl halides is 3. The van der Waals surface area contributed by atoms with E-state index < -0.39 is 11.7 Å². The summed E-state index contributed by atoms with van der Waals surface area (Å²) in [5.41, 5.74) is 4.93. The molecule has 0 heterocycles. The third-order valence-corrected chi connectivity index (χ3v) is 2.84. The van der Waals surface area contributed by atoms with Crippen LogP contribution in [-0.4, -0.2) is 13.1 Å². The Hall–Kier alpha value is -1.39. The van der Waals surface area contributed by atoms with Crippen LogP contribution in [0.2, 0.25) is 0 Å². The quantitative estimate of drug-likeness (QED) is 0.791. The number of rotatable bonds is 2. The van der Waals surface area contributed by atoms with Gasteiger partial charge in [0.05, 0.1) is 5.56 Å². The van der Waals surface area contributed by atoms with Gasteiger partial charge in [0.25, 0.3) is 0 Å². The molecule has 1 aliphatic carbocycles. The zero-order valence-electron chi connectivity index (χ0n) is 8.88. The molecule has 1 aromatic rings. The Bertz CT molecular complexity index is 397. The highest BCUT2D eigenvalue weighted by Gasteiger charge is 2.34. The molecule has 0 radical (unpaired) electrons. The second-order valence-corrected chi connectivity index (χ2v) is 4.11. The molecule has 0 aromatic heterocycles. The van der Waals surface area contributed by atoms with Gasteiger partial charge in [0.15, 0.2) is 0 Å². The van der Waals surface area contributed by atoms with E-state index in [2.05, 4.69) is 0 Å². The molecule has 0 bridgehead atoms. The number of halogens is 3. The van der Waals surface area contributed by atoms with Crippen LogP contribution in [0.3, 0.4) is 0 Å². The zero-order chi connectivity index (χ0) is 11.9. The molecule has 0 saturated heterocycles. The first-order valence-electron chi connectivity index (χ1n) is 5.09. The highest BCUT2D eigenvalue weighted by Crippen LogP contribution is 2.37. The van der Waals surface area contributed by atoms with Crippen molar-refractivity contribution in [2.24, 2.45) is 0 Å². The first kappa shape index (κ1) is 11.1. The third kappa shape index (κ3) is 2.08. The summed E-state index contributed by atoms with van der Waals surface area (Å²) in [5.74, 6) is 0. The molecule has 2 nitrogen and oxygen atoms in total. The monoisotopic (exact) mass is 230 g/mol. The first-order chi connectivity index (χ1) is 7.39. The van der Waals surface area contributed by atoms with Gasteiger partial charge >= 0.3 is 6.18 Å². The Morgan fingerprint density at radius 2 is 1.94 bits per heavy atom. The van der Waals surface area contributed by atoms with E-state index >= 15 is 0 Å². The maximum atomic E-state index is 12.6. The van der Waals surface area contributed by atoms with E-state index in [4.69, 9.17) is 5.73 Å². The van der Waals surface area contributed by atoms with Crippen molar-refractivity contribution in [3.63, 3.8) is 0 Å². The number of nitrogens with two attached hydrogens (primary N) is 1. The maximum absolute atomic E-state index is 12.6. The Balaban J connectivity index is 2.34. The van der Waals surface area contributed by atoms with Gasteiger partial charge in [0.2, 0.25) is 0 Å². The van der Waals surface area contributed by atoms with Gasteiger partial charge in [-0.15, -0.1) is 0 Å². The lowest BCUT2D eigenvalue weighted by Gasteiger charge is -2.20. The SMILES string of the molecule is CN(c1ccc(N)c(C(F)(F)F)c1)C1CC1. The normalized spacial score (nSPS) is 16.2. The molecule has 5 heteroatoms. The Labute approximate surface area is 91.8 Å². The van der Waals surface area contributed by atoms with Crippen molar-refractivity contribution in [1.82, 2.24) is 0 Å². The summed E-state index contributed by atoms with van der Waals surface area (Å²) in [6.45, 7) is 0. The van der Waals surface area contributed by atoms with Crippen LogP contribution in [-0.2, 0) is 6.18 Å². The first-order valence-corrected chi connectivity index (χ1v) is 5.09. The van der Waals surface area contributed by atoms with Crippen LogP contribution in [0.25, 0.3) is 0 Å². The average Bonchev–Trinajstić information content (AvgIpc) is 2.98. The van der Waals surface area contributed by atoms with Crippen molar-refractivity contribution in [2.75, 3.05) is 17.7 Å². The van der Waals surface area contributed by atoms with Crippen LogP contribution < -0.4 is 10.6 Å². The standard InChI is InChI=1S/C11H13F3N2/c1-16(7-2-3-7)8-4-5-10(15)9(6-8)11(12,13)14/h4-7H,2-3,15H2,1H3. The molecule has 0 atom stereocenters. The number of anilines is 2. The van der Waals surface area contributed by atoms with Crippen molar-refractivity contribution >= 4 is 11.4 Å². The van der Waals surface area contributed by atoms with Crippen LogP contribution in [0.5, 0.6) is 0 Å². The Morgan fingerprint density at radius 3 is 2.44 bits per heavy atom. The van der Waals surface area contributed by atoms with Gasteiger partial charge in [-0.3, -0.25) is 0 Å². The van der Waals surface area contributed by atoms with E-state index in [1.54, 1.807) is 6.07 Å². The van der Waals surface area contributed by atoms with E-state index in [1.807, 2.05) is 11.9 Å². The molecule has 0 spiro atoms. The molecule has 16 heavy (non-hydrogen) atoms. The van der Waals surface area contributed by atoms with Gasteiger partial charge in [0, 0.05) is 24.5 Å². The minimum atomic E-state index is -4.38. The topological polar surface area (TPSA) is 29.3 Å². The minimum Gasteiger partial charge on any atom is -0.398 e. The number of nitrogen functional groups attached to an aromatic ring is 1. The molecule has 1 fully saturated rings. The van der Waals surface area contributed by atoms with Gasteiger partial charge < -0.3 is 10.6 Å². The molecule has 1 aliphatic rings. The number of hydrogen-bond donors (Lipinski definition) is 1. The molecular weight excluding hydrogens is 217 g/mol. The smallest absolute Gasteiger partial charge is 0.398 e. The van der Waals surface area contributed by atoms with Crippen LogP contribution in [0, 0.1) is 0 Å². The van der Waals surface area contributed by atoms with Crippen molar-refractivity contribution in [3.8, 4) is 0 Å². The summed E-state index contributed by atoms with van der Waals surface area (Å²) < 4.78 is 37.8. The van der Waals surface area contributed by atoms with Crippen molar-refractivity contribution in [3.05, 3.63) is 23.8 Å². The average molecular weight is 230 g/mol. The third-order valence-electron chi connectivity index (χ3n) is 2.84. The predicted molar refractivity (Wildman–Crippen MR) is 57.3 cm³/mol. The summed E-state index contributed by atoms with van der Waals surface area (Å²) >= 11 is 0. The summed E-state index contributed by atoms with van der Waals surface area (Å²) in [7, 11) is 1.81. The lowest BCUT2D eigenvalue weighted by Crippen LogP contribution is -2.20. The van der Waals surface area contributed by atoms with Crippen LogP contribution >= 0.6 is 0 Å². The van der Waals surface area contributed by atoms with E-state index in [0.717, 1.165) is 18.9 Å². The molecule has 0 amide bonds. The Morgan fingerprint density at radius 1 is 1.31 bits per heavy atom. The summed E-state index contributed by atoms with van der Waals surface area (Å²) in [4.78, 5) is 1.87. The second-order valence-electron chi connectivity index (χ2n) is 4.11. The minimum absolute atomic E-state index is 0.222. The second kappa shape index (κ2) is 3.57. The fourth-order valence-electron chi connectivity index (χ4n) is 1.68. The van der Waals surface area contributed by atoms with Crippen LogP contribution in [0.15, 0.2) is 18.2 Å². The summed E-state index contributed by atoms with van der Waals surface area (Å²) in [6, 6.07) is 4.44. The maximum Gasteiger partial charge on any atom is 0.418 e. The summed E-state index contributed by atoms with van der Waals surface area (Å²) in [5, 5.41) is 0. The fraction of sp³-hybridized carbons (Fsp3) is 0.455. The van der Waals surface area contributed by atoms with Crippen molar-refractivity contribution in [2.45, 2.75) is 25.1 Å². The van der Waals surface area contributed by atoms with E-state index in [-0.39, 0.29) is 5.69 Å². The zero-order valence-corrected chi connectivity index (χ0v) is 8.88. The number of hydrogen-bond acceptors (Lipinski definition) is 2. The van der Waals surface area contributed by atoms with Gasteiger partial charge in [-0.2, -0.15) is 13.2 Å². The molecule has 1 saturated carbocycles.